The van der Waals surface area contributed by atoms with Crippen molar-refractivity contribution in [3.63, 3.8) is 0 Å². The lowest BCUT2D eigenvalue weighted by Crippen LogP contribution is -2.74. The van der Waals surface area contributed by atoms with Crippen molar-refractivity contribution >= 4 is 56.3 Å². The first-order valence-corrected chi connectivity index (χ1v) is 26.9. The highest BCUT2D eigenvalue weighted by atomic mass is 35.5. The third kappa shape index (κ3) is 12.2. The minimum absolute atomic E-state index is 0.0363. The minimum atomic E-state index is -3.93. The molecule has 4 aromatic carbocycles. The van der Waals surface area contributed by atoms with Gasteiger partial charge in [-0.3, -0.25) is 19.2 Å². The Hall–Kier alpha value is -6.12. The molecule has 3 amide bonds. The lowest BCUT2D eigenvalue weighted by Gasteiger charge is -2.63. The van der Waals surface area contributed by atoms with E-state index in [-0.39, 0.29) is 50.6 Å². The molecule has 72 heavy (non-hydrogen) atoms. The van der Waals surface area contributed by atoms with E-state index in [0.717, 1.165) is 32.8 Å². The Morgan fingerprint density at radius 2 is 1.54 bits per heavy atom. The largest absolute Gasteiger partial charge is 0.493 e. The maximum Gasteiger partial charge on any atom is 0.251 e. The number of nitriles is 1. The second kappa shape index (κ2) is 21.5. The van der Waals surface area contributed by atoms with Gasteiger partial charge in [-0.1, -0.05) is 109 Å². The van der Waals surface area contributed by atoms with E-state index in [0.29, 0.717) is 27.6 Å². The molecule has 14 nitrogen and oxygen atoms in total. The first kappa shape index (κ1) is 53.7. The van der Waals surface area contributed by atoms with Gasteiger partial charge in [-0.15, -0.1) is 11.3 Å². The van der Waals surface area contributed by atoms with Crippen molar-refractivity contribution in [1.29, 1.82) is 5.26 Å². The van der Waals surface area contributed by atoms with Crippen molar-refractivity contribution < 1.29 is 42.2 Å². The molecule has 1 saturated heterocycles. The Labute approximate surface area is 431 Å². The van der Waals surface area contributed by atoms with Gasteiger partial charge in [-0.25, -0.2) is 13.4 Å². The summed E-state index contributed by atoms with van der Waals surface area (Å²) in [6.07, 6.45) is -1.50. The van der Waals surface area contributed by atoms with Crippen LogP contribution >= 0.6 is 22.9 Å². The maximum absolute atomic E-state index is 14.1. The number of benzene rings is 4. The highest BCUT2D eigenvalue weighted by Crippen LogP contribution is 2.55. The number of likely N-dealkylation sites (tertiary alicyclic amines) is 1. The van der Waals surface area contributed by atoms with Gasteiger partial charge in [0.15, 0.2) is 9.84 Å². The van der Waals surface area contributed by atoms with Crippen molar-refractivity contribution in [3.8, 4) is 39.1 Å². The zero-order valence-corrected chi connectivity index (χ0v) is 44.2. The summed E-state index contributed by atoms with van der Waals surface area (Å²) in [5.41, 5.74) is 5.55. The zero-order chi connectivity index (χ0) is 52.3. The molecule has 1 saturated carbocycles. The van der Waals surface area contributed by atoms with Crippen molar-refractivity contribution in [2.24, 2.45) is 22.2 Å². The summed E-state index contributed by atoms with van der Waals surface area (Å²) < 4.78 is 38.5. The number of sulfone groups is 1. The number of nitrogens with zero attached hydrogens (tertiary/aromatic N) is 3. The van der Waals surface area contributed by atoms with E-state index in [1.54, 1.807) is 80.1 Å². The number of amides is 3. The summed E-state index contributed by atoms with van der Waals surface area (Å²) >= 11 is 7.79. The van der Waals surface area contributed by atoms with Crippen LogP contribution in [-0.4, -0.2) is 95.9 Å². The quantitative estimate of drug-likeness (QED) is 0.0758. The van der Waals surface area contributed by atoms with E-state index < -0.39 is 73.2 Å². The van der Waals surface area contributed by atoms with Gasteiger partial charge in [0.1, 0.15) is 47.9 Å². The number of β-amino-alcohol motifs (C(OH)–C–C–N with tert-alkyl or cyclic N) is 1. The van der Waals surface area contributed by atoms with Crippen LogP contribution in [-0.2, 0) is 30.8 Å². The van der Waals surface area contributed by atoms with Crippen molar-refractivity contribution in [2.75, 3.05) is 24.7 Å². The van der Waals surface area contributed by atoms with Crippen LogP contribution in [0.25, 0.3) is 21.6 Å². The minimum Gasteiger partial charge on any atom is -0.493 e. The van der Waals surface area contributed by atoms with E-state index in [1.165, 1.54) is 4.90 Å². The van der Waals surface area contributed by atoms with Crippen LogP contribution in [0, 0.1) is 40.4 Å². The SMILES string of the molecule is Cc1ncsc1-c1ccc(CNC(=O)[C@@H]2C[C@@H](O)CN2C(=O)C(CC(=O)CS(=O)(=O)CCOc2ccc(-c3ccc(C(=O)N[C@H]4C(C)(C)[C@H](Oc5ccc(C#N)c(Cl)c5)C4(C)C)cc3)cc2)C(C)(C)C)cc1. The number of hydrogen-bond donors (Lipinski definition) is 3. The molecular formula is C55H62ClN5O9S2. The Morgan fingerprint density at radius 1 is 0.931 bits per heavy atom. The van der Waals surface area contributed by atoms with Crippen LogP contribution in [0.5, 0.6) is 11.5 Å². The zero-order valence-electron chi connectivity index (χ0n) is 41.8. The molecule has 1 aromatic heterocycles. The molecule has 1 aliphatic heterocycles. The molecule has 17 heteroatoms. The summed E-state index contributed by atoms with van der Waals surface area (Å²) in [6.45, 7) is 15.4. The number of thiazole rings is 1. The summed E-state index contributed by atoms with van der Waals surface area (Å²) in [7, 11) is -3.93. The van der Waals surface area contributed by atoms with Crippen molar-refractivity contribution in [1.82, 2.24) is 20.5 Å². The van der Waals surface area contributed by atoms with Gasteiger partial charge in [-0.2, -0.15) is 5.26 Å². The molecule has 2 aliphatic rings. The number of Topliss-reactive ketones (excluding diaryl/α,β-unsaturated/α-hetero) is 1. The van der Waals surface area contributed by atoms with E-state index in [9.17, 15) is 38.0 Å². The van der Waals surface area contributed by atoms with Gasteiger partial charge in [0.2, 0.25) is 11.8 Å². The van der Waals surface area contributed by atoms with Crippen LogP contribution in [0.4, 0.5) is 0 Å². The average molecular weight is 1040 g/mol. The molecule has 2 fully saturated rings. The van der Waals surface area contributed by atoms with Crippen LogP contribution in [0.15, 0.2) is 96.5 Å². The van der Waals surface area contributed by atoms with E-state index in [2.05, 4.69) is 21.7 Å². The summed E-state index contributed by atoms with van der Waals surface area (Å²) in [5.74, 6) is -2.94. The molecule has 0 radical (unpaired) electrons. The fourth-order valence-electron chi connectivity index (χ4n) is 10.2. The maximum atomic E-state index is 14.1. The molecule has 5 aromatic rings. The number of hydrogen-bond acceptors (Lipinski definition) is 12. The van der Waals surface area contributed by atoms with Gasteiger partial charge < -0.3 is 30.1 Å². The molecule has 1 aliphatic carbocycles. The predicted molar refractivity (Wildman–Crippen MR) is 278 cm³/mol. The number of carbonyl (C=O) groups is 4. The molecule has 1 unspecified atom stereocenters. The number of aliphatic hydroxyl groups excluding tert-OH is 1. The van der Waals surface area contributed by atoms with Crippen molar-refractivity contribution in [2.45, 2.75) is 99.1 Å². The average Bonchev–Trinajstić information content (AvgIpc) is 3.95. The van der Waals surface area contributed by atoms with Crippen LogP contribution in [0.1, 0.15) is 88.5 Å². The first-order valence-electron chi connectivity index (χ1n) is 23.9. The lowest BCUT2D eigenvalue weighted by molar-refractivity contribution is -0.164. The standard InChI is InChI=1S/C55H62ClN5O9S2/c1-33-47(71-32-59-33)37-11-9-34(10-12-37)29-58-49(65)46-26-40(62)30-61(46)50(66)44(53(2,3)4)25-41(63)31-72(67,68)24-23-69-42-20-17-36(18-21-42)35-13-15-38(16-14-35)48(64)60-51-54(5,6)52(55(51,7)8)70-43-22-19-39(28-57)45(56)27-43/h9-22,27,32,40,44,46,51-52,62H,23-26,29-31H2,1-8H3,(H,58,65)(H,60,64)/t40-,44?,46+,51-,52-/m1/s1. The fourth-order valence-corrected chi connectivity index (χ4v) is 12.3. The van der Waals surface area contributed by atoms with Crippen LogP contribution in [0.2, 0.25) is 5.02 Å². The molecule has 7 rings (SSSR count). The molecular weight excluding hydrogens is 974 g/mol. The first-order chi connectivity index (χ1) is 33.9. The number of carbonyl (C=O) groups excluding carboxylic acids is 4. The van der Waals surface area contributed by atoms with Gasteiger partial charge >= 0.3 is 0 Å². The molecule has 0 spiro atoms. The summed E-state index contributed by atoms with van der Waals surface area (Å²) in [6, 6.07) is 27.9. The predicted octanol–water partition coefficient (Wildman–Crippen LogP) is 8.62. The molecule has 380 valence electrons. The highest BCUT2D eigenvalue weighted by molar-refractivity contribution is 7.92. The number of halogens is 1. The third-order valence-electron chi connectivity index (χ3n) is 13.9. The topological polar surface area (TPSA) is 205 Å². The summed E-state index contributed by atoms with van der Waals surface area (Å²) in [4.78, 5) is 61.2. The molecule has 2 heterocycles. The number of aliphatic hydroxyl groups is 1. The normalized spacial score (nSPS) is 19.6. The molecule has 3 atom stereocenters. The van der Waals surface area contributed by atoms with Crippen molar-refractivity contribution in [3.05, 3.63) is 124 Å². The van der Waals surface area contributed by atoms with Gasteiger partial charge in [0.05, 0.1) is 38.5 Å². The molecule has 3 N–H and O–H groups in total. The summed E-state index contributed by atoms with van der Waals surface area (Å²) in [5, 5.41) is 26.3. The van der Waals surface area contributed by atoms with Gasteiger partial charge in [0, 0.05) is 60.4 Å². The molecule has 0 bridgehead atoms. The monoisotopic (exact) mass is 1040 g/mol. The number of aryl methyl sites for hydroxylation is 1. The Kier molecular flexibility index (Phi) is 16.1. The lowest BCUT2D eigenvalue weighted by atomic mass is 9.49. The highest BCUT2D eigenvalue weighted by Gasteiger charge is 2.64. The number of ether oxygens (including phenoxy) is 2. The number of nitrogens with one attached hydrogen (secondary N) is 2. The number of ketones is 1. The third-order valence-corrected chi connectivity index (χ3v) is 16.7. The second-order valence-corrected chi connectivity index (χ2v) is 24.5. The van der Waals surface area contributed by atoms with Gasteiger partial charge in [-0.05, 0) is 71.0 Å². The van der Waals surface area contributed by atoms with Gasteiger partial charge in [0.25, 0.3) is 5.91 Å². The Morgan fingerprint density at radius 3 is 2.12 bits per heavy atom. The number of rotatable bonds is 18. The van der Waals surface area contributed by atoms with E-state index in [4.69, 9.17) is 21.1 Å². The van der Waals surface area contributed by atoms with Crippen LogP contribution in [0.3, 0.4) is 0 Å². The fraction of sp³-hybridized carbons (Fsp3) is 0.418. The second-order valence-electron chi connectivity index (χ2n) is 21.1. The van der Waals surface area contributed by atoms with E-state index >= 15 is 0 Å². The van der Waals surface area contributed by atoms with E-state index in [1.807, 2.05) is 83.1 Å². The Bertz CT molecular complexity index is 2950. The number of aromatic nitrogens is 1. The smallest absolute Gasteiger partial charge is 0.251 e. The Balaban J connectivity index is 0.872. The van der Waals surface area contributed by atoms with Crippen LogP contribution < -0.4 is 20.1 Å².